The van der Waals surface area contributed by atoms with E-state index >= 15 is 0 Å². The topological polar surface area (TPSA) is 72.7 Å². The Morgan fingerprint density at radius 2 is 2.12 bits per heavy atom. The normalized spacial score (nSPS) is 13.4. The second-order valence-electron chi connectivity index (χ2n) is 3.74. The Labute approximate surface area is 125 Å². The van der Waals surface area contributed by atoms with Gasteiger partial charge in [0.2, 0.25) is 0 Å². The van der Waals surface area contributed by atoms with Gasteiger partial charge in [-0.15, -0.1) is 0 Å². The third-order valence-electron chi connectivity index (χ3n) is 2.00. The van der Waals surface area contributed by atoms with Gasteiger partial charge in [0.25, 0.3) is 0 Å². The van der Waals surface area contributed by atoms with Gasteiger partial charge in [0, 0.05) is 0 Å². The van der Waals surface area contributed by atoms with Crippen LogP contribution in [0.15, 0.2) is 17.1 Å². The van der Waals surface area contributed by atoms with Crippen molar-refractivity contribution >= 4 is 11.9 Å². The number of aliphatic carboxylic acids is 1. The molecule has 0 aromatic rings. The van der Waals surface area contributed by atoms with E-state index in [0.29, 0.717) is 6.42 Å². The van der Waals surface area contributed by atoms with E-state index in [1.165, 1.54) is 0 Å². The van der Waals surface area contributed by atoms with E-state index in [0.717, 1.165) is 19.3 Å². The number of carbonyl (C=O) groups is 1. The van der Waals surface area contributed by atoms with E-state index in [-0.39, 0.29) is 41.9 Å². The first-order valence-corrected chi connectivity index (χ1v) is 5.66. The number of hydrogen-bond acceptors (Lipinski definition) is 3. The summed E-state index contributed by atoms with van der Waals surface area (Å²) in [5, 5.41) is 19.8. The van der Waals surface area contributed by atoms with Gasteiger partial charge >= 0.3 is 35.5 Å². The van der Waals surface area contributed by atoms with Crippen LogP contribution in [0.25, 0.3) is 0 Å². The zero-order valence-electron chi connectivity index (χ0n) is 11.0. The molecule has 0 spiro atoms. The van der Waals surface area contributed by atoms with Crippen molar-refractivity contribution in [2.75, 3.05) is 0 Å². The van der Waals surface area contributed by atoms with Gasteiger partial charge in [0.15, 0.2) is 0 Å². The molecular weight excluding hydrogens is 229 g/mol. The van der Waals surface area contributed by atoms with Crippen LogP contribution in [0.4, 0.5) is 0 Å². The molecule has 92 valence electrons. The maximum Gasteiger partial charge on any atom is 1.00 e. The number of nitrogens with zero attached hydrogens (tertiary/aromatic N) is 1. The summed E-state index contributed by atoms with van der Waals surface area (Å²) in [6, 6.07) is -0.420. The average molecular weight is 249 g/mol. The molecule has 0 aliphatic heterocycles. The Kier molecular flexibility index (Phi) is 13.6. The first-order valence-electron chi connectivity index (χ1n) is 5.66. The second kappa shape index (κ2) is 12.1. The average Bonchev–Trinajstić information content (AvgIpc) is 2.15. The first kappa shape index (κ1) is 19.0. The van der Waals surface area contributed by atoms with Crippen LogP contribution in [0, 0.1) is 0 Å². The summed E-state index contributed by atoms with van der Waals surface area (Å²) >= 11 is 0. The van der Waals surface area contributed by atoms with Crippen LogP contribution >= 0.6 is 0 Å². The van der Waals surface area contributed by atoms with Crippen LogP contribution in [-0.2, 0) is 4.79 Å². The molecule has 0 saturated carbocycles. The number of allylic oxidation sites excluding steroid dienone is 2. The fourth-order valence-corrected chi connectivity index (χ4v) is 1.26. The minimum absolute atomic E-state index is 0. The molecule has 17 heavy (non-hydrogen) atoms. The van der Waals surface area contributed by atoms with Crippen LogP contribution in [0.1, 0.15) is 46.0 Å². The molecule has 0 amide bonds. The van der Waals surface area contributed by atoms with Crippen LogP contribution in [0.2, 0.25) is 0 Å². The fraction of sp³-hybridized carbons (Fsp3) is 0.667. The fourth-order valence-electron chi connectivity index (χ4n) is 1.26. The quantitative estimate of drug-likeness (QED) is 0.192. The Morgan fingerprint density at radius 3 is 2.65 bits per heavy atom. The number of unbranched alkanes of at least 4 members (excludes halogenated alkanes) is 1. The molecule has 4 nitrogen and oxygen atoms in total. The summed E-state index contributed by atoms with van der Waals surface area (Å²) in [4.78, 5) is 14.1. The van der Waals surface area contributed by atoms with Gasteiger partial charge in [-0.2, -0.15) is 0 Å². The van der Waals surface area contributed by atoms with Gasteiger partial charge in [-0.3, -0.25) is 4.79 Å². The minimum atomic E-state index is -0.921. The van der Waals surface area contributed by atoms with E-state index in [4.69, 9.17) is 5.11 Å². The molecule has 0 aromatic heterocycles. The number of rotatable bonds is 8. The van der Waals surface area contributed by atoms with Gasteiger partial charge in [-0.25, -0.2) is 0 Å². The minimum Gasteiger partial charge on any atom is -0.862 e. The van der Waals surface area contributed by atoms with Gasteiger partial charge in [-0.05, 0) is 38.5 Å². The van der Waals surface area contributed by atoms with Gasteiger partial charge in [-0.1, -0.05) is 19.1 Å². The molecule has 0 aromatic carbocycles. The molecule has 0 aliphatic rings. The summed E-state index contributed by atoms with van der Waals surface area (Å²) in [7, 11) is 0. The van der Waals surface area contributed by atoms with Crippen LogP contribution < -0.4 is 34.7 Å². The molecule has 0 rings (SSSR count). The van der Waals surface area contributed by atoms with E-state index in [1.54, 1.807) is 6.92 Å². The number of aliphatic imine (C=N–C) groups is 1. The molecular formula is C12H20NNaO3. The molecule has 0 aliphatic carbocycles. The molecule has 0 bridgehead atoms. The largest absolute Gasteiger partial charge is 1.00 e. The Hall–Kier alpha value is -0.320. The van der Waals surface area contributed by atoms with E-state index in [1.807, 2.05) is 6.08 Å². The van der Waals surface area contributed by atoms with E-state index < -0.39 is 12.0 Å². The summed E-state index contributed by atoms with van der Waals surface area (Å²) < 4.78 is 0. The smallest absolute Gasteiger partial charge is 0.862 e. The summed E-state index contributed by atoms with van der Waals surface area (Å²) in [6.45, 7) is 3.70. The van der Waals surface area contributed by atoms with Crippen molar-refractivity contribution in [3.05, 3.63) is 12.2 Å². The molecule has 0 fully saturated rings. The van der Waals surface area contributed by atoms with Crippen molar-refractivity contribution in [1.82, 2.24) is 0 Å². The predicted molar refractivity (Wildman–Crippen MR) is 62.4 cm³/mol. The van der Waals surface area contributed by atoms with E-state index in [2.05, 4.69) is 18.0 Å². The zero-order chi connectivity index (χ0) is 12.4. The zero-order valence-corrected chi connectivity index (χ0v) is 13.0. The Morgan fingerprint density at radius 1 is 1.47 bits per heavy atom. The van der Waals surface area contributed by atoms with Gasteiger partial charge < -0.3 is 15.2 Å². The molecule has 0 saturated heterocycles. The third-order valence-corrected chi connectivity index (χ3v) is 2.00. The first-order chi connectivity index (χ1) is 7.56. The Balaban J connectivity index is 0. The number of hydrogen-bond donors (Lipinski definition) is 1. The van der Waals surface area contributed by atoms with Crippen molar-refractivity contribution in [1.29, 1.82) is 0 Å². The molecule has 5 heteroatoms. The van der Waals surface area contributed by atoms with Crippen molar-refractivity contribution in [3.63, 3.8) is 0 Å². The molecule has 1 N–H and O–H groups in total. The maximum absolute atomic E-state index is 11.3. The second-order valence-corrected chi connectivity index (χ2v) is 3.74. The number of carboxylic acids is 1. The van der Waals surface area contributed by atoms with Crippen molar-refractivity contribution in [2.24, 2.45) is 4.99 Å². The molecule has 1 atom stereocenters. The SMILES string of the molecule is CC/C=C/CCCC([O-])=NC(C)CC(=O)O.[Na+]. The standard InChI is InChI=1S/C12H21NO3.Na/c1-3-4-5-6-7-8-11(14)13-10(2)9-12(15)16;/h4-5,10H,3,6-9H2,1-2H3,(H,13,14)(H,15,16);/q;+1/p-1/b5-4+;. The molecule has 0 heterocycles. The van der Waals surface area contributed by atoms with Crippen molar-refractivity contribution < 1.29 is 44.6 Å². The van der Waals surface area contributed by atoms with Crippen LogP contribution in [0.3, 0.4) is 0 Å². The predicted octanol–water partition coefficient (Wildman–Crippen LogP) is -1.25. The van der Waals surface area contributed by atoms with Crippen molar-refractivity contribution in [3.8, 4) is 0 Å². The summed E-state index contributed by atoms with van der Waals surface area (Å²) in [5.74, 6) is -1.12. The van der Waals surface area contributed by atoms with Gasteiger partial charge in [0.1, 0.15) is 0 Å². The van der Waals surface area contributed by atoms with E-state index in [9.17, 15) is 9.90 Å². The van der Waals surface area contributed by atoms with Crippen LogP contribution in [0.5, 0.6) is 0 Å². The maximum atomic E-state index is 11.3. The molecule has 0 radical (unpaired) electrons. The van der Waals surface area contributed by atoms with Gasteiger partial charge in [0.05, 0.1) is 12.5 Å². The number of carboxylic acid groups (broad SMARTS) is 1. The Bertz CT molecular complexity index is 264. The third kappa shape index (κ3) is 13.6. The molecule has 1 unspecified atom stereocenters. The monoisotopic (exact) mass is 249 g/mol. The van der Waals surface area contributed by atoms with Crippen molar-refractivity contribution in [2.45, 2.75) is 52.0 Å². The summed E-state index contributed by atoms with van der Waals surface area (Å²) in [6.07, 6.45) is 7.09. The summed E-state index contributed by atoms with van der Waals surface area (Å²) in [5.41, 5.74) is 0. The van der Waals surface area contributed by atoms with Crippen LogP contribution in [-0.4, -0.2) is 23.0 Å².